The molecule has 0 radical (unpaired) electrons. The van der Waals surface area contributed by atoms with Crippen molar-refractivity contribution in [2.75, 3.05) is 13.7 Å². The van der Waals surface area contributed by atoms with Crippen molar-refractivity contribution in [1.82, 2.24) is 9.78 Å². The van der Waals surface area contributed by atoms with Crippen LogP contribution in [0.3, 0.4) is 0 Å². The second-order valence-electron chi connectivity index (χ2n) is 5.05. The molecule has 0 fully saturated rings. The molecule has 1 unspecified atom stereocenters. The predicted octanol–water partition coefficient (Wildman–Crippen LogP) is 2.00. The Hall–Kier alpha value is -0.573. The third-order valence-corrected chi connectivity index (χ3v) is 5.00. The Kier molecular flexibility index (Phi) is 5.64. The number of halogens is 1. The fourth-order valence-electron chi connectivity index (χ4n) is 1.22. The minimum atomic E-state index is -1.85. The number of hydrogen-bond donors (Lipinski definition) is 0. The van der Waals surface area contributed by atoms with Crippen molar-refractivity contribution >= 4 is 19.2 Å². The first-order chi connectivity index (χ1) is 8.35. The lowest BCUT2D eigenvalue weighted by molar-refractivity contribution is 0.0713. The molecule has 18 heavy (non-hydrogen) atoms. The smallest absolute Gasteiger partial charge is 0.210 e. The molecule has 0 aliphatic heterocycles. The second-order valence-corrected chi connectivity index (χ2v) is 11.9. The van der Waals surface area contributed by atoms with Gasteiger partial charge in [0.25, 0.3) is 0 Å². The highest BCUT2D eigenvalue weighted by Crippen LogP contribution is 2.13. The van der Waals surface area contributed by atoms with Crippen LogP contribution >= 0.6 is 0 Å². The third kappa shape index (κ3) is 4.60. The molecular formula is C10H19FN2O3SSi. The Bertz CT molecular complexity index is 420. The molecule has 1 aromatic rings. The average molecular weight is 294 g/mol. The van der Waals surface area contributed by atoms with Crippen molar-refractivity contribution in [3.63, 3.8) is 0 Å². The van der Waals surface area contributed by atoms with Crippen molar-refractivity contribution in [1.29, 1.82) is 0 Å². The number of hydrogen-bond acceptors (Lipinski definition) is 4. The van der Waals surface area contributed by atoms with Gasteiger partial charge in [0.15, 0.2) is 10.8 Å². The van der Waals surface area contributed by atoms with Gasteiger partial charge in [0.2, 0.25) is 11.1 Å². The summed E-state index contributed by atoms with van der Waals surface area (Å²) in [6.45, 7) is 7.41. The molecule has 8 heteroatoms. The first-order valence-electron chi connectivity index (χ1n) is 5.60. The van der Waals surface area contributed by atoms with Gasteiger partial charge in [0.05, 0.1) is 13.3 Å². The van der Waals surface area contributed by atoms with E-state index >= 15 is 0 Å². The molecular weight excluding hydrogens is 275 g/mol. The Labute approximate surface area is 110 Å². The zero-order valence-electron chi connectivity index (χ0n) is 11.1. The molecule has 0 N–H and O–H groups in total. The summed E-state index contributed by atoms with van der Waals surface area (Å²) >= 11 is -1.85. The minimum absolute atomic E-state index is 0.0822. The molecule has 1 rings (SSSR count). The molecule has 0 saturated heterocycles. The van der Waals surface area contributed by atoms with E-state index in [0.29, 0.717) is 6.61 Å². The van der Waals surface area contributed by atoms with Crippen molar-refractivity contribution in [2.24, 2.45) is 0 Å². The molecule has 1 aromatic heterocycles. The van der Waals surface area contributed by atoms with Gasteiger partial charge in [0, 0.05) is 14.7 Å². The first kappa shape index (κ1) is 15.5. The Morgan fingerprint density at radius 3 is 2.72 bits per heavy atom. The number of aromatic nitrogens is 2. The van der Waals surface area contributed by atoms with Crippen molar-refractivity contribution < 1.29 is 17.5 Å². The molecule has 0 bridgehead atoms. The van der Waals surface area contributed by atoms with Crippen LogP contribution in [0, 0.1) is 5.82 Å². The van der Waals surface area contributed by atoms with E-state index in [1.165, 1.54) is 11.8 Å². The molecule has 1 heterocycles. The molecule has 0 aliphatic carbocycles. The maximum Gasteiger partial charge on any atom is 0.210 e. The predicted molar refractivity (Wildman–Crippen MR) is 69.7 cm³/mol. The van der Waals surface area contributed by atoms with E-state index < -0.39 is 25.0 Å². The normalized spacial score (nSPS) is 13.8. The Morgan fingerprint density at radius 2 is 2.17 bits per heavy atom. The first-order valence-corrected chi connectivity index (χ1v) is 10.4. The van der Waals surface area contributed by atoms with Crippen LogP contribution in [0.2, 0.25) is 25.7 Å². The summed E-state index contributed by atoms with van der Waals surface area (Å²) in [4.78, 5) is 0. The van der Waals surface area contributed by atoms with Crippen LogP contribution in [0.15, 0.2) is 11.2 Å². The topological polar surface area (TPSA) is 53.3 Å². The van der Waals surface area contributed by atoms with Gasteiger partial charge in [-0.15, -0.1) is 0 Å². The van der Waals surface area contributed by atoms with Gasteiger partial charge in [-0.05, 0) is 6.04 Å². The van der Waals surface area contributed by atoms with Crippen molar-refractivity contribution in [2.45, 2.75) is 37.4 Å². The van der Waals surface area contributed by atoms with Crippen LogP contribution in [-0.2, 0) is 26.7 Å². The number of nitrogens with zero attached hydrogens (tertiary/aromatic N) is 2. The van der Waals surface area contributed by atoms with E-state index in [2.05, 4.69) is 28.9 Å². The summed E-state index contributed by atoms with van der Waals surface area (Å²) in [5.41, 5.74) is 0. The molecule has 1 atom stereocenters. The quantitative estimate of drug-likeness (QED) is 0.570. The van der Waals surface area contributed by atoms with Gasteiger partial charge >= 0.3 is 0 Å². The minimum Gasteiger partial charge on any atom is -0.359 e. The van der Waals surface area contributed by atoms with Crippen LogP contribution in [-0.4, -0.2) is 35.8 Å². The maximum atomic E-state index is 13.3. The third-order valence-electron chi connectivity index (χ3n) is 2.27. The largest absolute Gasteiger partial charge is 0.359 e. The zero-order valence-corrected chi connectivity index (χ0v) is 12.9. The summed E-state index contributed by atoms with van der Waals surface area (Å²) < 4.78 is 36.0. The van der Waals surface area contributed by atoms with Gasteiger partial charge in [-0.3, -0.25) is 4.18 Å². The summed E-state index contributed by atoms with van der Waals surface area (Å²) in [6, 6.07) is 1.01. The fourth-order valence-corrected chi connectivity index (χ4v) is 2.62. The van der Waals surface area contributed by atoms with Gasteiger partial charge in [-0.1, -0.05) is 19.6 Å². The monoisotopic (exact) mass is 294 g/mol. The molecule has 0 amide bonds. The van der Waals surface area contributed by atoms with Crippen LogP contribution in [0.5, 0.6) is 0 Å². The summed E-state index contributed by atoms with van der Waals surface area (Å²) in [5, 5.41) is 3.68. The van der Waals surface area contributed by atoms with Gasteiger partial charge in [-0.25, -0.2) is 13.3 Å². The van der Waals surface area contributed by atoms with E-state index in [-0.39, 0.29) is 11.8 Å². The molecule has 5 nitrogen and oxygen atoms in total. The van der Waals surface area contributed by atoms with Gasteiger partial charge < -0.3 is 4.74 Å². The lowest BCUT2D eigenvalue weighted by Crippen LogP contribution is -2.22. The lowest BCUT2D eigenvalue weighted by Gasteiger charge is -2.15. The van der Waals surface area contributed by atoms with Crippen LogP contribution < -0.4 is 0 Å². The number of rotatable bonds is 7. The van der Waals surface area contributed by atoms with Crippen LogP contribution in [0.4, 0.5) is 4.39 Å². The second kappa shape index (κ2) is 6.55. The SMILES string of the molecule is COS(=O)c1c(F)cnn1COCC[Si](C)(C)C. The van der Waals surface area contributed by atoms with E-state index in [1.54, 1.807) is 0 Å². The maximum absolute atomic E-state index is 13.3. The van der Waals surface area contributed by atoms with Gasteiger partial charge in [-0.2, -0.15) is 5.10 Å². The zero-order chi connectivity index (χ0) is 13.8. The van der Waals surface area contributed by atoms with Crippen molar-refractivity contribution in [3.05, 3.63) is 12.0 Å². The van der Waals surface area contributed by atoms with E-state index in [0.717, 1.165) is 12.2 Å². The highest BCUT2D eigenvalue weighted by Gasteiger charge is 2.18. The molecule has 0 spiro atoms. The van der Waals surface area contributed by atoms with E-state index in [4.69, 9.17) is 4.74 Å². The summed E-state index contributed by atoms with van der Waals surface area (Å²) in [7, 11) is 0.103. The molecule has 0 aromatic carbocycles. The average Bonchev–Trinajstić information content (AvgIpc) is 2.64. The van der Waals surface area contributed by atoms with Crippen LogP contribution in [0.25, 0.3) is 0 Å². The van der Waals surface area contributed by atoms with E-state index in [1.807, 2.05) is 0 Å². The highest BCUT2D eigenvalue weighted by atomic mass is 32.2. The highest BCUT2D eigenvalue weighted by molar-refractivity contribution is 7.80. The van der Waals surface area contributed by atoms with Crippen molar-refractivity contribution in [3.8, 4) is 0 Å². The van der Waals surface area contributed by atoms with E-state index in [9.17, 15) is 8.60 Å². The number of ether oxygens (including phenoxy) is 1. The Balaban J connectivity index is 2.55. The summed E-state index contributed by atoms with van der Waals surface area (Å²) in [6.07, 6.45) is 1.01. The fraction of sp³-hybridized carbons (Fsp3) is 0.700. The molecule has 104 valence electrons. The van der Waals surface area contributed by atoms with Crippen LogP contribution in [0.1, 0.15) is 0 Å². The molecule has 0 saturated carbocycles. The summed E-state index contributed by atoms with van der Waals surface area (Å²) in [5.74, 6) is -0.649. The lowest BCUT2D eigenvalue weighted by atomic mass is 10.7. The van der Waals surface area contributed by atoms with Gasteiger partial charge in [0.1, 0.15) is 6.73 Å². The Morgan fingerprint density at radius 1 is 1.50 bits per heavy atom. The molecule has 0 aliphatic rings. The standard InChI is InChI=1S/C10H19FN2O3SSi/c1-15-17(14)10-9(11)7-12-13(10)8-16-5-6-18(2,3)4/h7H,5-6,8H2,1-4H3.